The van der Waals surface area contributed by atoms with Crippen LogP contribution >= 0.6 is 0 Å². The summed E-state index contributed by atoms with van der Waals surface area (Å²) in [6, 6.07) is 5.88. The Balaban J connectivity index is 1.32. The Morgan fingerprint density at radius 3 is 2.77 bits per heavy atom. The second kappa shape index (κ2) is 12.3. The number of carbonyl (C=O) groups excluding carboxylic acids is 1. The molecule has 0 aromatic heterocycles. The van der Waals surface area contributed by atoms with E-state index in [4.69, 9.17) is 18.9 Å². The summed E-state index contributed by atoms with van der Waals surface area (Å²) in [5, 5.41) is 19.7. The lowest BCUT2D eigenvalue weighted by molar-refractivity contribution is -0.387. The summed E-state index contributed by atoms with van der Waals surface area (Å²) in [7, 11) is 0. The first-order valence-electron chi connectivity index (χ1n) is 15.7. The Labute approximate surface area is 239 Å². The molecule has 224 valence electrons. The van der Waals surface area contributed by atoms with Gasteiger partial charge in [-0.2, -0.15) is 0 Å². The van der Waals surface area contributed by atoms with Crippen molar-refractivity contribution in [1.82, 2.24) is 0 Å². The van der Waals surface area contributed by atoms with Crippen LogP contribution in [-0.2, 0) is 30.2 Å². The number of phenolic OH excluding ortho intramolecular Hbond substituents is 1. The molecule has 1 unspecified atom stereocenters. The first-order valence-corrected chi connectivity index (χ1v) is 15.7. The summed E-state index contributed by atoms with van der Waals surface area (Å²) in [4.78, 5) is 13.0. The van der Waals surface area contributed by atoms with Gasteiger partial charge in [0.1, 0.15) is 11.9 Å². The van der Waals surface area contributed by atoms with Gasteiger partial charge < -0.3 is 29.2 Å². The van der Waals surface area contributed by atoms with Crippen LogP contribution in [0.5, 0.6) is 5.75 Å². The van der Waals surface area contributed by atoms with Crippen LogP contribution in [0.15, 0.2) is 18.2 Å². The van der Waals surface area contributed by atoms with E-state index in [0.29, 0.717) is 31.1 Å². The zero-order valence-electron chi connectivity index (χ0n) is 24.9. The molecule has 0 saturated carbocycles. The molecule has 3 aliphatic heterocycles. The molecule has 0 radical (unpaired) electrons. The number of carbonyl (C=O) groups is 1. The molecule has 7 heteroatoms. The maximum Gasteiger partial charge on any atom is 0.308 e. The third-order valence-corrected chi connectivity index (χ3v) is 10.4. The van der Waals surface area contributed by atoms with Gasteiger partial charge in [0.05, 0.1) is 31.3 Å². The lowest BCUT2D eigenvalue weighted by Gasteiger charge is -2.58. The fourth-order valence-corrected chi connectivity index (χ4v) is 7.73. The van der Waals surface area contributed by atoms with Crippen molar-refractivity contribution in [2.75, 3.05) is 13.2 Å². The molecule has 1 aliphatic carbocycles. The van der Waals surface area contributed by atoms with Gasteiger partial charge in [-0.3, -0.25) is 4.79 Å². The van der Waals surface area contributed by atoms with Gasteiger partial charge in [0.25, 0.3) is 0 Å². The van der Waals surface area contributed by atoms with Gasteiger partial charge in [0.15, 0.2) is 5.79 Å². The van der Waals surface area contributed by atoms with Crippen LogP contribution in [0.3, 0.4) is 0 Å². The number of fused-ring (bicyclic) bond motifs is 3. The summed E-state index contributed by atoms with van der Waals surface area (Å²) in [5.74, 6) is 0.0615. The zero-order chi connectivity index (χ0) is 28.5. The third kappa shape index (κ3) is 6.23. The topological polar surface area (TPSA) is 94.5 Å². The SMILES string of the molecule is C[C@@H]1[C@@H]([C@@H](C)CCCC2CCCc3cc(O)ccc32)O[C@]23C[C@@H]1OC(=O)C[C@H](CO)OCC[C@@H](CCC2(C)C)O3. The van der Waals surface area contributed by atoms with Crippen LogP contribution in [0, 0.1) is 17.3 Å². The van der Waals surface area contributed by atoms with Crippen LogP contribution in [-0.4, -0.2) is 59.6 Å². The molecule has 40 heavy (non-hydrogen) atoms. The quantitative estimate of drug-likeness (QED) is 0.412. The summed E-state index contributed by atoms with van der Waals surface area (Å²) >= 11 is 0. The lowest BCUT2D eigenvalue weighted by atomic mass is 9.69. The number of hydrogen-bond donors (Lipinski definition) is 2. The molecule has 0 amide bonds. The van der Waals surface area contributed by atoms with Crippen molar-refractivity contribution in [2.45, 2.75) is 134 Å². The maximum atomic E-state index is 13.0. The Hall–Kier alpha value is -1.67. The number of aliphatic hydroxyl groups is 1. The van der Waals surface area contributed by atoms with E-state index in [0.717, 1.165) is 38.5 Å². The van der Waals surface area contributed by atoms with E-state index in [9.17, 15) is 15.0 Å². The number of hydrogen-bond acceptors (Lipinski definition) is 7. The average Bonchev–Trinajstić information content (AvgIpc) is 2.91. The van der Waals surface area contributed by atoms with Crippen LogP contribution in [0.4, 0.5) is 0 Å². The fraction of sp³-hybridized carbons (Fsp3) is 0.788. The average molecular weight is 559 g/mol. The van der Waals surface area contributed by atoms with Gasteiger partial charge in [-0.1, -0.05) is 40.2 Å². The minimum atomic E-state index is -0.813. The number of ether oxygens (including phenoxy) is 4. The van der Waals surface area contributed by atoms with Gasteiger partial charge in [-0.05, 0) is 86.5 Å². The minimum absolute atomic E-state index is 0.0123. The van der Waals surface area contributed by atoms with Crippen LogP contribution < -0.4 is 0 Å². The summed E-state index contributed by atoms with van der Waals surface area (Å²) in [6.45, 7) is 9.11. The van der Waals surface area contributed by atoms with Crippen molar-refractivity contribution in [3.05, 3.63) is 29.3 Å². The molecule has 3 bridgehead atoms. The molecule has 3 heterocycles. The van der Waals surface area contributed by atoms with E-state index in [2.05, 4.69) is 33.8 Å². The van der Waals surface area contributed by atoms with Gasteiger partial charge in [0, 0.05) is 24.4 Å². The number of phenols is 1. The lowest BCUT2D eigenvalue weighted by Crippen LogP contribution is -2.64. The highest BCUT2D eigenvalue weighted by Gasteiger charge is 2.59. The maximum absolute atomic E-state index is 13.0. The monoisotopic (exact) mass is 558 g/mol. The Morgan fingerprint density at radius 2 is 1.98 bits per heavy atom. The largest absolute Gasteiger partial charge is 0.508 e. The van der Waals surface area contributed by atoms with E-state index >= 15 is 0 Å². The molecule has 5 rings (SSSR count). The van der Waals surface area contributed by atoms with Crippen molar-refractivity contribution in [2.24, 2.45) is 17.3 Å². The summed E-state index contributed by atoms with van der Waals surface area (Å²) < 4.78 is 25.9. The van der Waals surface area contributed by atoms with Crippen molar-refractivity contribution >= 4 is 5.97 Å². The number of benzene rings is 1. The summed E-state index contributed by atoms with van der Waals surface area (Å²) in [5.41, 5.74) is 2.48. The predicted molar refractivity (Wildman–Crippen MR) is 152 cm³/mol. The highest BCUT2D eigenvalue weighted by Crippen LogP contribution is 2.53. The van der Waals surface area contributed by atoms with Crippen molar-refractivity contribution in [1.29, 1.82) is 0 Å². The molecule has 3 fully saturated rings. The molecule has 1 spiro atoms. The van der Waals surface area contributed by atoms with E-state index in [1.54, 1.807) is 0 Å². The van der Waals surface area contributed by atoms with E-state index in [1.807, 2.05) is 12.1 Å². The smallest absolute Gasteiger partial charge is 0.308 e. The van der Waals surface area contributed by atoms with E-state index < -0.39 is 11.9 Å². The van der Waals surface area contributed by atoms with Gasteiger partial charge in [-0.15, -0.1) is 0 Å². The minimum Gasteiger partial charge on any atom is -0.508 e. The van der Waals surface area contributed by atoms with Crippen molar-refractivity contribution < 1.29 is 34.0 Å². The second-order valence-corrected chi connectivity index (χ2v) is 13.6. The molecule has 2 N–H and O–H groups in total. The molecule has 7 nitrogen and oxygen atoms in total. The zero-order valence-corrected chi connectivity index (χ0v) is 24.9. The van der Waals surface area contributed by atoms with E-state index in [-0.39, 0.29) is 54.6 Å². The number of rotatable bonds is 6. The second-order valence-electron chi connectivity index (χ2n) is 13.6. The first-order chi connectivity index (χ1) is 19.1. The summed E-state index contributed by atoms with van der Waals surface area (Å²) in [6.07, 6.45) is 8.94. The molecular formula is C33H50O7. The van der Waals surface area contributed by atoms with Gasteiger partial charge >= 0.3 is 5.97 Å². The highest BCUT2D eigenvalue weighted by molar-refractivity contribution is 5.70. The number of esters is 1. The van der Waals surface area contributed by atoms with Crippen LogP contribution in [0.2, 0.25) is 0 Å². The molecule has 4 aliphatic rings. The Kier molecular flexibility index (Phi) is 9.16. The predicted octanol–water partition coefficient (Wildman–Crippen LogP) is 6.03. The Bertz CT molecular complexity index is 1020. The van der Waals surface area contributed by atoms with Gasteiger partial charge in [0.2, 0.25) is 0 Å². The van der Waals surface area contributed by atoms with E-state index in [1.165, 1.54) is 24.0 Å². The van der Waals surface area contributed by atoms with Gasteiger partial charge in [-0.25, -0.2) is 0 Å². The molecule has 3 saturated heterocycles. The number of aliphatic hydroxyl groups excluding tert-OH is 1. The first kappa shape index (κ1) is 29.8. The van der Waals surface area contributed by atoms with Crippen LogP contribution in [0.1, 0.15) is 109 Å². The number of aryl methyl sites for hydroxylation is 1. The molecule has 1 aromatic carbocycles. The standard InChI is InChI=1S/C33H50O7/c1-21(7-5-8-23-9-6-10-24-17-25(35)11-12-28(23)24)31-22(2)29-19-33(40-31)32(3,4)15-13-26(39-33)14-16-37-27(20-34)18-30(36)38-29/h11-12,17,21-23,26-27,29,31,34-35H,5-10,13-16,18-20H2,1-4H3/t21-,22-,23?,26+,27+,29-,31+,33+/m0/s1. The Morgan fingerprint density at radius 1 is 1.15 bits per heavy atom. The number of aromatic hydroxyl groups is 1. The van der Waals surface area contributed by atoms with Crippen LogP contribution in [0.25, 0.3) is 0 Å². The molecule has 1 aromatic rings. The van der Waals surface area contributed by atoms with Crippen molar-refractivity contribution in [3.63, 3.8) is 0 Å². The molecule has 8 atom stereocenters. The highest BCUT2D eigenvalue weighted by atomic mass is 16.7. The molecular weight excluding hydrogens is 508 g/mol. The fourth-order valence-electron chi connectivity index (χ4n) is 7.73. The third-order valence-electron chi connectivity index (χ3n) is 10.4. The normalized spacial score (nSPS) is 36.9. The van der Waals surface area contributed by atoms with Crippen molar-refractivity contribution in [3.8, 4) is 5.75 Å².